The molecule has 0 unspecified atom stereocenters. The molecule has 0 saturated carbocycles. The second kappa shape index (κ2) is 5.73. The van der Waals surface area contributed by atoms with Gasteiger partial charge in [-0.1, -0.05) is 53.6 Å². The number of benzene rings is 2. The summed E-state index contributed by atoms with van der Waals surface area (Å²) < 4.78 is 0. The van der Waals surface area contributed by atoms with Crippen LogP contribution in [0.1, 0.15) is 20.8 Å². The van der Waals surface area contributed by atoms with Crippen molar-refractivity contribution in [2.24, 2.45) is 0 Å². The summed E-state index contributed by atoms with van der Waals surface area (Å²) in [6.07, 6.45) is 0. The van der Waals surface area contributed by atoms with Crippen LogP contribution in [0.3, 0.4) is 0 Å². The maximum Gasteiger partial charge on any atom is 0.348 e. The Kier molecular flexibility index (Phi) is 3.77. The molecule has 0 aliphatic heterocycles. The van der Waals surface area contributed by atoms with Crippen LogP contribution in [-0.4, -0.2) is 16.1 Å². The number of hydrogen-bond acceptors (Lipinski definition) is 3. The zero-order valence-electron chi connectivity index (χ0n) is 12.3. The van der Waals surface area contributed by atoms with Crippen molar-refractivity contribution in [1.82, 2.24) is 4.98 Å². The predicted octanol–water partition coefficient (Wildman–Crippen LogP) is 4.79. The minimum absolute atomic E-state index is 0.279. The van der Waals surface area contributed by atoms with Gasteiger partial charge >= 0.3 is 5.97 Å². The molecule has 3 aromatic rings. The van der Waals surface area contributed by atoms with Crippen molar-refractivity contribution < 1.29 is 9.90 Å². The molecule has 0 fully saturated rings. The van der Waals surface area contributed by atoms with Crippen LogP contribution in [-0.2, 0) is 0 Å². The second-order valence-electron chi connectivity index (χ2n) is 5.24. The molecule has 0 aliphatic carbocycles. The lowest BCUT2D eigenvalue weighted by Crippen LogP contribution is -1.95. The molecule has 3 nitrogen and oxygen atoms in total. The normalized spacial score (nSPS) is 10.6. The van der Waals surface area contributed by atoms with E-state index in [9.17, 15) is 9.90 Å². The van der Waals surface area contributed by atoms with Crippen molar-refractivity contribution in [3.05, 3.63) is 64.5 Å². The fourth-order valence-electron chi connectivity index (χ4n) is 2.27. The van der Waals surface area contributed by atoms with Gasteiger partial charge in [-0.05, 0) is 19.9 Å². The number of carboxylic acid groups (broad SMARTS) is 1. The van der Waals surface area contributed by atoms with Crippen molar-refractivity contribution in [3.8, 4) is 21.8 Å². The quantitative estimate of drug-likeness (QED) is 0.756. The molecule has 4 heteroatoms. The van der Waals surface area contributed by atoms with Gasteiger partial charge in [-0.25, -0.2) is 9.78 Å². The number of nitrogens with zero attached hydrogens (tertiary/aromatic N) is 1. The topological polar surface area (TPSA) is 50.2 Å². The lowest BCUT2D eigenvalue weighted by atomic mass is 10.1. The zero-order valence-corrected chi connectivity index (χ0v) is 13.1. The van der Waals surface area contributed by atoms with Crippen LogP contribution >= 0.6 is 11.3 Å². The van der Waals surface area contributed by atoms with Gasteiger partial charge in [-0.2, -0.15) is 0 Å². The van der Waals surface area contributed by atoms with Crippen molar-refractivity contribution in [2.45, 2.75) is 13.8 Å². The van der Waals surface area contributed by atoms with Gasteiger partial charge in [0.1, 0.15) is 9.88 Å². The molecule has 1 N–H and O–H groups in total. The molecule has 0 aliphatic rings. The number of aromatic nitrogens is 1. The summed E-state index contributed by atoms with van der Waals surface area (Å²) in [6, 6.07) is 15.7. The van der Waals surface area contributed by atoms with Gasteiger partial charge < -0.3 is 5.11 Å². The number of aryl methyl sites for hydroxylation is 2. The first-order valence-corrected chi connectivity index (χ1v) is 7.74. The van der Waals surface area contributed by atoms with E-state index in [1.54, 1.807) is 0 Å². The number of carbonyl (C=O) groups is 1. The van der Waals surface area contributed by atoms with Crippen molar-refractivity contribution in [2.75, 3.05) is 0 Å². The molecule has 1 aromatic heterocycles. The first-order chi connectivity index (χ1) is 10.5. The molecule has 0 atom stereocenters. The average molecular weight is 309 g/mol. The van der Waals surface area contributed by atoms with E-state index in [4.69, 9.17) is 0 Å². The van der Waals surface area contributed by atoms with E-state index in [1.807, 2.05) is 62.4 Å². The van der Waals surface area contributed by atoms with Crippen LogP contribution in [0.15, 0.2) is 48.5 Å². The Hall–Kier alpha value is -2.46. The Morgan fingerprint density at radius 2 is 1.73 bits per heavy atom. The van der Waals surface area contributed by atoms with Gasteiger partial charge in [0.2, 0.25) is 0 Å². The molecule has 2 aromatic carbocycles. The third kappa shape index (κ3) is 2.78. The Labute approximate surface area is 132 Å². The summed E-state index contributed by atoms with van der Waals surface area (Å²) in [4.78, 5) is 16.4. The predicted molar refractivity (Wildman–Crippen MR) is 89.4 cm³/mol. The Morgan fingerprint density at radius 3 is 2.36 bits per heavy atom. The molecule has 0 radical (unpaired) electrons. The van der Waals surface area contributed by atoms with E-state index in [-0.39, 0.29) is 4.88 Å². The van der Waals surface area contributed by atoms with E-state index < -0.39 is 5.97 Å². The number of thiazole rings is 1. The van der Waals surface area contributed by atoms with Gasteiger partial charge in [0.15, 0.2) is 0 Å². The first kappa shape index (κ1) is 14.5. The highest BCUT2D eigenvalue weighted by molar-refractivity contribution is 7.17. The van der Waals surface area contributed by atoms with Crippen molar-refractivity contribution >= 4 is 17.3 Å². The fourth-order valence-corrected chi connectivity index (χ4v) is 3.20. The SMILES string of the molecule is Cc1ccc(-c2nc(-c3cccc(C)c3)c(C(=O)O)s2)cc1. The third-order valence-electron chi connectivity index (χ3n) is 3.41. The lowest BCUT2D eigenvalue weighted by molar-refractivity contribution is 0.0702. The van der Waals surface area contributed by atoms with Crippen LogP contribution in [0.5, 0.6) is 0 Å². The number of rotatable bonds is 3. The van der Waals surface area contributed by atoms with E-state index in [0.717, 1.165) is 27.3 Å². The highest BCUT2D eigenvalue weighted by Crippen LogP contribution is 2.34. The molecule has 0 bridgehead atoms. The largest absolute Gasteiger partial charge is 0.477 e. The lowest BCUT2D eigenvalue weighted by Gasteiger charge is -2.00. The number of hydrogen-bond donors (Lipinski definition) is 1. The molecule has 0 saturated heterocycles. The van der Waals surface area contributed by atoms with E-state index in [1.165, 1.54) is 11.3 Å². The Morgan fingerprint density at radius 1 is 1.00 bits per heavy atom. The third-order valence-corrected chi connectivity index (χ3v) is 4.50. The fraction of sp³-hybridized carbons (Fsp3) is 0.111. The van der Waals surface area contributed by atoms with E-state index in [2.05, 4.69) is 4.98 Å². The number of aromatic carboxylic acids is 1. The Bertz CT molecular complexity index is 835. The Balaban J connectivity index is 2.14. The summed E-state index contributed by atoms with van der Waals surface area (Å²) in [6.45, 7) is 4.00. The second-order valence-corrected chi connectivity index (χ2v) is 6.24. The van der Waals surface area contributed by atoms with Crippen LogP contribution in [0.2, 0.25) is 0 Å². The van der Waals surface area contributed by atoms with Gasteiger partial charge in [0.25, 0.3) is 0 Å². The van der Waals surface area contributed by atoms with Crippen molar-refractivity contribution in [1.29, 1.82) is 0 Å². The monoisotopic (exact) mass is 309 g/mol. The summed E-state index contributed by atoms with van der Waals surface area (Å²) >= 11 is 1.22. The molecular weight excluding hydrogens is 294 g/mol. The highest BCUT2D eigenvalue weighted by atomic mass is 32.1. The molecule has 22 heavy (non-hydrogen) atoms. The minimum Gasteiger partial charge on any atom is -0.477 e. The minimum atomic E-state index is -0.938. The molecular formula is C18H15NO2S. The summed E-state index contributed by atoms with van der Waals surface area (Å²) in [5.41, 5.74) is 4.57. The number of carboxylic acids is 1. The maximum absolute atomic E-state index is 11.5. The van der Waals surface area contributed by atoms with Gasteiger partial charge in [0, 0.05) is 11.1 Å². The van der Waals surface area contributed by atoms with E-state index in [0.29, 0.717) is 5.69 Å². The summed E-state index contributed by atoms with van der Waals surface area (Å²) in [5, 5.41) is 10.2. The molecule has 0 amide bonds. The van der Waals surface area contributed by atoms with Crippen LogP contribution < -0.4 is 0 Å². The van der Waals surface area contributed by atoms with Gasteiger partial charge in [-0.3, -0.25) is 0 Å². The molecule has 3 rings (SSSR count). The standard InChI is InChI=1S/C18H15NO2S/c1-11-6-8-13(9-7-11)17-19-15(16(22-17)18(20)21)14-5-3-4-12(2)10-14/h3-10H,1-2H3,(H,20,21). The van der Waals surface area contributed by atoms with Crippen molar-refractivity contribution in [3.63, 3.8) is 0 Å². The van der Waals surface area contributed by atoms with Crippen LogP contribution in [0.4, 0.5) is 0 Å². The summed E-state index contributed by atoms with van der Waals surface area (Å²) in [5.74, 6) is -0.938. The van der Waals surface area contributed by atoms with Crippen LogP contribution in [0, 0.1) is 13.8 Å². The van der Waals surface area contributed by atoms with Crippen LogP contribution in [0.25, 0.3) is 21.8 Å². The first-order valence-electron chi connectivity index (χ1n) is 6.93. The van der Waals surface area contributed by atoms with Gasteiger partial charge in [-0.15, -0.1) is 11.3 Å². The molecule has 1 heterocycles. The molecule has 0 spiro atoms. The molecule has 110 valence electrons. The maximum atomic E-state index is 11.5. The average Bonchev–Trinajstić information content (AvgIpc) is 2.93. The highest BCUT2D eigenvalue weighted by Gasteiger charge is 2.19. The zero-order chi connectivity index (χ0) is 15.7. The summed E-state index contributed by atoms with van der Waals surface area (Å²) in [7, 11) is 0. The smallest absolute Gasteiger partial charge is 0.348 e. The van der Waals surface area contributed by atoms with Gasteiger partial charge in [0.05, 0.1) is 5.69 Å². The van der Waals surface area contributed by atoms with E-state index >= 15 is 0 Å².